The van der Waals surface area contributed by atoms with E-state index in [4.69, 9.17) is 5.73 Å². The van der Waals surface area contributed by atoms with Crippen molar-refractivity contribution in [1.82, 2.24) is 9.97 Å². The van der Waals surface area contributed by atoms with Crippen LogP contribution in [0.4, 0.5) is 5.82 Å². The molecule has 2 N–H and O–H groups in total. The van der Waals surface area contributed by atoms with Crippen molar-refractivity contribution in [1.29, 1.82) is 0 Å². The van der Waals surface area contributed by atoms with Gasteiger partial charge in [0.15, 0.2) is 5.82 Å². The van der Waals surface area contributed by atoms with E-state index >= 15 is 0 Å². The van der Waals surface area contributed by atoms with Gasteiger partial charge in [-0.15, -0.1) is 11.3 Å². The molecule has 0 saturated heterocycles. The summed E-state index contributed by atoms with van der Waals surface area (Å²) in [5.74, 6) is 1.59. The Hall–Kier alpha value is -0.940. The summed E-state index contributed by atoms with van der Waals surface area (Å²) < 4.78 is 1.05. The van der Waals surface area contributed by atoms with Gasteiger partial charge in [-0.05, 0) is 27.9 Å². The van der Waals surface area contributed by atoms with Gasteiger partial charge < -0.3 is 5.73 Å². The largest absolute Gasteiger partial charge is 0.384 e. The number of aromatic nitrogens is 2. The minimum Gasteiger partial charge on any atom is -0.384 e. The van der Waals surface area contributed by atoms with Crippen LogP contribution in [-0.2, 0) is 0 Å². The van der Waals surface area contributed by atoms with Gasteiger partial charge in [0.1, 0.15) is 5.82 Å². The van der Waals surface area contributed by atoms with Crippen LogP contribution in [0.15, 0.2) is 22.0 Å². The fraction of sp³-hybridized carbons (Fsp3) is 0.273. The molecule has 0 aliphatic carbocycles. The van der Waals surface area contributed by atoms with E-state index in [2.05, 4.69) is 39.7 Å². The lowest BCUT2D eigenvalue weighted by atomic mass is 10.1. The third-order valence-electron chi connectivity index (χ3n) is 2.15. The molecule has 2 aromatic rings. The number of nitrogens with zero attached hydrogens (tertiary/aromatic N) is 2. The van der Waals surface area contributed by atoms with Gasteiger partial charge in [0.2, 0.25) is 0 Å². The number of anilines is 1. The van der Waals surface area contributed by atoms with Crippen molar-refractivity contribution in [3.8, 4) is 10.7 Å². The SMILES string of the molecule is CC(C)c1cc(N)nc(-c2cc(Br)cs2)n1. The maximum atomic E-state index is 5.78. The fourth-order valence-electron chi connectivity index (χ4n) is 1.32. The molecule has 0 spiro atoms. The molecule has 0 fully saturated rings. The summed E-state index contributed by atoms with van der Waals surface area (Å²) in [4.78, 5) is 9.80. The lowest BCUT2D eigenvalue weighted by Gasteiger charge is -2.06. The molecule has 0 bridgehead atoms. The van der Waals surface area contributed by atoms with Crippen molar-refractivity contribution in [2.24, 2.45) is 0 Å². The molecule has 0 aliphatic rings. The van der Waals surface area contributed by atoms with Gasteiger partial charge >= 0.3 is 0 Å². The topological polar surface area (TPSA) is 51.8 Å². The second-order valence-electron chi connectivity index (χ2n) is 3.83. The van der Waals surface area contributed by atoms with Crippen LogP contribution < -0.4 is 5.73 Å². The van der Waals surface area contributed by atoms with Crippen molar-refractivity contribution in [3.05, 3.63) is 27.7 Å². The van der Waals surface area contributed by atoms with Crippen molar-refractivity contribution in [2.75, 3.05) is 5.73 Å². The Kier molecular flexibility index (Phi) is 3.25. The molecule has 0 atom stereocenters. The highest BCUT2D eigenvalue weighted by molar-refractivity contribution is 9.10. The predicted octanol–water partition coefficient (Wildman–Crippen LogP) is 3.67. The second kappa shape index (κ2) is 4.51. The van der Waals surface area contributed by atoms with Gasteiger partial charge in [-0.25, -0.2) is 9.97 Å². The highest BCUT2D eigenvalue weighted by atomic mass is 79.9. The van der Waals surface area contributed by atoms with Crippen molar-refractivity contribution >= 4 is 33.1 Å². The Balaban J connectivity index is 2.49. The molecule has 16 heavy (non-hydrogen) atoms. The Morgan fingerprint density at radius 3 is 2.62 bits per heavy atom. The van der Waals surface area contributed by atoms with Crippen LogP contribution in [0, 0.1) is 0 Å². The van der Waals surface area contributed by atoms with Crippen LogP contribution in [0.5, 0.6) is 0 Å². The molecule has 84 valence electrons. The van der Waals surface area contributed by atoms with Gasteiger partial charge in [0.05, 0.1) is 4.88 Å². The first kappa shape index (κ1) is 11.5. The number of rotatable bonds is 2. The zero-order valence-corrected chi connectivity index (χ0v) is 11.5. The fourth-order valence-corrected chi connectivity index (χ4v) is 2.68. The highest BCUT2D eigenvalue weighted by Crippen LogP contribution is 2.28. The molecule has 0 aliphatic heterocycles. The summed E-state index contributed by atoms with van der Waals surface area (Å²) >= 11 is 5.02. The average molecular weight is 298 g/mol. The number of halogens is 1. The van der Waals surface area contributed by atoms with Crippen LogP contribution in [0.3, 0.4) is 0 Å². The van der Waals surface area contributed by atoms with E-state index in [0.717, 1.165) is 15.0 Å². The third-order valence-corrected chi connectivity index (χ3v) is 3.83. The normalized spacial score (nSPS) is 11.0. The van der Waals surface area contributed by atoms with E-state index in [0.29, 0.717) is 17.6 Å². The Labute approximate surface area is 107 Å². The quantitative estimate of drug-likeness (QED) is 0.920. The summed E-state index contributed by atoms with van der Waals surface area (Å²) in [6.45, 7) is 4.19. The maximum absolute atomic E-state index is 5.78. The smallest absolute Gasteiger partial charge is 0.171 e. The summed E-state index contributed by atoms with van der Waals surface area (Å²) in [6.07, 6.45) is 0. The standard InChI is InChI=1S/C11H12BrN3S/c1-6(2)8-4-10(13)15-11(14-8)9-3-7(12)5-16-9/h3-6H,1-2H3,(H2,13,14,15). The van der Waals surface area contributed by atoms with E-state index in [1.807, 2.05) is 17.5 Å². The molecular formula is C11H12BrN3S. The number of thiophene rings is 1. The lowest BCUT2D eigenvalue weighted by Crippen LogP contribution is -2.00. The molecule has 0 radical (unpaired) electrons. The lowest BCUT2D eigenvalue weighted by molar-refractivity contribution is 0.819. The van der Waals surface area contributed by atoms with Crippen LogP contribution in [0.2, 0.25) is 0 Å². The molecular weight excluding hydrogens is 286 g/mol. The monoisotopic (exact) mass is 297 g/mol. The third kappa shape index (κ3) is 2.41. The van der Waals surface area contributed by atoms with Crippen LogP contribution in [0.25, 0.3) is 10.7 Å². The number of nitrogen functional groups attached to an aromatic ring is 1. The first-order chi connectivity index (χ1) is 7.56. The molecule has 0 saturated carbocycles. The molecule has 2 aromatic heterocycles. The molecule has 2 heterocycles. The molecule has 2 rings (SSSR count). The number of hydrogen-bond donors (Lipinski definition) is 1. The van der Waals surface area contributed by atoms with Gasteiger partial charge in [-0.3, -0.25) is 0 Å². The van der Waals surface area contributed by atoms with Gasteiger partial charge in [0, 0.05) is 21.6 Å². The maximum Gasteiger partial charge on any atom is 0.171 e. The van der Waals surface area contributed by atoms with E-state index in [9.17, 15) is 0 Å². The van der Waals surface area contributed by atoms with E-state index in [1.165, 1.54) is 0 Å². The molecule has 3 nitrogen and oxygen atoms in total. The molecule has 0 amide bonds. The highest BCUT2D eigenvalue weighted by Gasteiger charge is 2.09. The number of hydrogen-bond acceptors (Lipinski definition) is 4. The summed E-state index contributed by atoms with van der Waals surface area (Å²) in [5.41, 5.74) is 6.76. The zero-order valence-electron chi connectivity index (χ0n) is 9.07. The average Bonchev–Trinajstić information content (AvgIpc) is 2.64. The van der Waals surface area contributed by atoms with Crippen LogP contribution in [0.1, 0.15) is 25.5 Å². The van der Waals surface area contributed by atoms with E-state index < -0.39 is 0 Å². The Morgan fingerprint density at radius 2 is 2.06 bits per heavy atom. The van der Waals surface area contributed by atoms with E-state index in [1.54, 1.807) is 11.3 Å². The van der Waals surface area contributed by atoms with Crippen molar-refractivity contribution in [3.63, 3.8) is 0 Å². The summed E-state index contributed by atoms with van der Waals surface area (Å²) in [7, 11) is 0. The molecule has 5 heteroatoms. The van der Waals surface area contributed by atoms with Crippen LogP contribution in [-0.4, -0.2) is 9.97 Å². The molecule has 0 aromatic carbocycles. The minimum absolute atomic E-state index is 0.354. The minimum atomic E-state index is 0.354. The predicted molar refractivity (Wildman–Crippen MR) is 71.5 cm³/mol. The Bertz CT molecular complexity index is 508. The van der Waals surface area contributed by atoms with Crippen LogP contribution >= 0.6 is 27.3 Å². The first-order valence-electron chi connectivity index (χ1n) is 4.95. The van der Waals surface area contributed by atoms with Gasteiger partial charge in [0.25, 0.3) is 0 Å². The second-order valence-corrected chi connectivity index (χ2v) is 5.65. The zero-order chi connectivity index (χ0) is 11.7. The van der Waals surface area contributed by atoms with Gasteiger partial charge in [-0.2, -0.15) is 0 Å². The molecule has 0 unspecified atom stereocenters. The Morgan fingerprint density at radius 1 is 1.31 bits per heavy atom. The summed E-state index contributed by atoms with van der Waals surface area (Å²) in [5, 5.41) is 2.01. The van der Waals surface area contributed by atoms with E-state index in [-0.39, 0.29) is 0 Å². The van der Waals surface area contributed by atoms with Gasteiger partial charge in [-0.1, -0.05) is 13.8 Å². The summed E-state index contributed by atoms with van der Waals surface area (Å²) in [6, 6.07) is 3.83. The number of nitrogens with two attached hydrogens (primary N) is 1. The van der Waals surface area contributed by atoms with Crippen molar-refractivity contribution in [2.45, 2.75) is 19.8 Å². The first-order valence-corrected chi connectivity index (χ1v) is 6.62. The van der Waals surface area contributed by atoms with Crippen molar-refractivity contribution < 1.29 is 0 Å².